The van der Waals surface area contributed by atoms with Gasteiger partial charge in [-0.05, 0) is 81.5 Å². The van der Waals surface area contributed by atoms with Gasteiger partial charge in [-0.1, -0.05) is 232 Å². The Labute approximate surface area is 460 Å². The third-order valence-corrected chi connectivity index (χ3v) is 14.1. The van der Waals surface area contributed by atoms with Crippen molar-refractivity contribution in [1.29, 1.82) is 0 Å². The topological polar surface area (TPSA) is 55.4 Å². The predicted octanol–water partition coefficient (Wildman–Crippen LogP) is 20.0. The highest BCUT2D eigenvalue weighted by molar-refractivity contribution is 5.66. The molecule has 0 aliphatic heterocycles. The van der Waals surface area contributed by atoms with Gasteiger partial charge >= 0.3 is 0 Å². The van der Waals surface area contributed by atoms with Crippen LogP contribution in [0.15, 0.2) is 42.5 Å². The third-order valence-electron chi connectivity index (χ3n) is 14.1. The second kappa shape index (κ2) is 41.5. The summed E-state index contributed by atoms with van der Waals surface area (Å²) in [5, 5.41) is 0. The summed E-state index contributed by atoms with van der Waals surface area (Å²) in [4.78, 5) is 0. The number of allylic oxidation sites excluding steroid dienone is 1. The summed E-state index contributed by atoms with van der Waals surface area (Å²) in [5.74, 6) is 20.1. The van der Waals surface area contributed by atoms with E-state index >= 15 is 0 Å². The summed E-state index contributed by atoms with van der Waals surface area (Å²) < 4.78 is 39.0. The summed E-state index contributed by atoms with van der Waals surface area (Å²) in [5.41, 5.74) is 5.14. The van der Waals surface area contributed by atoms with Crippen LogP contribution < -0.4 is 28.4 Å². The molecule has 0 spiro atoms. The molecule has 0 aliphatic rings. The van der Waals surface area contributed by atoms with Gasteiger partial charge in [-0.15, -0.1) is 0 Å². The molecule has 6 heteroatoms. The molecule has 0 N–H and O–H groups in total. The van der Waals surface area contributed by atoms with E-state index in [2.05, 4.69) is 103 Å². The molecule has 1 unspecified atom stereocenters. The summed E-state index contributed by atoms with van der Waals surface area (Å²) in [7, 11) is 1.71. The quantitative estimate of drug-likeness (QED) is 0.0416. The van der Waals surface area contributed by atoms with E-state index in [1.807, 2.05) is 31.2 Å². The van der Waals surface area contributed by atoms with Gasteiger partial charge in [0, 0.05) is 23.8 Å². The van der Waals surface area contributed by atoms with Crippen LogP contribution in [0, 0.1) is 42.4 Å². The average Bonchev–Trinajstić information content (AvgIpc) is 3.40. The number of rotatable bonds is 42. The van der Waals surface area contributed by atoms with Gasteiger partial charge in [0.05, 0.1) is 62.4 Å². The molecule has 0 amide bonds. The zero-order chi connectivity index (χ0) is 54.1. The number of ether oxygens (including phenoxy) is 6. The first kappa shape index (κ1) is 64.6. The van der Waals surface area contributed by atoms with Gasteiger partial charge < -0.3 is 28.4 Å². The van der Waals surface area contributed by atoms with Crippen molar-refractivity contribution < 1.29 is 28.4 Å². The smallest absolute Gasteiger partial charge is 0.136 e. The fourth-order valence-corrected chi connectivity index (χ4v) is 9.22. The Hall–Kier alpha value is -4.68. The highest BCUT2D eigenvalue weighted by Gasteiger charge is 2.15. The van der Waals surface area contributed by atoms with E-state index in [0.29, 0.717) is 56.2 Å². The molecule has 0 saturated carbocycles. The molecule has 0 heterocycles. The minimum atomic E-state index is 0.592. The van der Waals surface area contributed by atoms with Crippen molar-refractivity contribution in [1.82, 2.24) is 0 Å². The van der Waals surface area contributed by atoms with Gasteiger partial charge in [0.1, 0.15) is 34.5 Å². The second-order valence-electron chi connectivity index (χ2n) is 21.6. The SMILES string of the molecule is CC=Cc1cc(OC)c(C#Cc2cc(OCCCCCCCC)c(C#Cc3cc(OCCCCCCCC)c(C)cc3OCCCCCCCC)cc2OCCCCCCCC)cc1OCCC(C)CCCC(C)C. The highest BCUT2D eigenvalue weighted by Crippen LogP contribution is 2.34. The molecular formula is C69H106O6. The largest absolute Gasteiger partial charge is 0.495 e. The number of hydrogen-bond donors (Lipinski definition) is 0. The Kier molecular flexibility index (Phi) is 35.7. The van der Waals surface area contributed by atoms with Crippen molar-refractivity contribution >= 4 is 6.08 Å². The first-order valence-corrected chi connectivity index (χ1v) is 30.5. The zero-order valence-corrected chi connectivity index (χ0v) is 49.6. The Morgan fingerprint density at radius 2 is 0.747 bits per heavy atom. The molecule has 6 nitrogen and oxygen atoms in total. The van der Waals surface area contributed by atoms with Gasteiger partial charge in [0.25, 0.3) is 0 Å². The van der Waals surface area contributed by atoms with E-state index in [1.54, 1.807) is 7.11 Å². The fraction of sp³-hybridized carbons (Fsp3) is 0.652. The van der Waals surface area contributed by atoms with Gasteiger partial charge in [-0.2, -0.15) is 0 Å². The minimum absolute atomic E-state index is 0.592. The Balaban J connectivity index is 2.14. The van der Waals surface area contributed by atoms with Crippen molar-refractivity contribution in [3.05, 3.63) is 75.9 Å². The number of unbranched alkanes of at least 4 members (excludes halogenated alkanes) is 20. The van der Waals surface area contributed by atoms with Gasteiger partial charge in [0.2, 0.25) is 0 Å². The maximum atomic E-state index is 6.73. The van der Waals surface area contributed by atoms with Gasteiger partial charge in [-0.25, -0.2) is 0 Å². The molecule has 3 rings (SSSR count). The molecule has 418 valence electrons. The minimum Gasteiger partial charge on any atom is -0.495 e. The maximum Gasteiger partial charge on any atom is 0.136 e. The van der Waals surface area contributed by atoms with Crippen LogP contribution >= 0.6 is 0 Å². The van der Waals surface area contributed by atoms with Crippen molar-refractivity contribution in [2.45, 2.75) is 242 Å². The molecule has 0 radical (unpaired) electrons. The van der Waals surface area contributed by atoms with Crippen LogP contribution in [0.4, 0.5) is 0 Å². The van der Waals surface area contributed by atoms with Crippen molar-refractivity contribution in [2.75, 3.05) is 40.1 Å². The van der Waals surface area contributed by atoms with E-state index in [1.165, 1.54) is 128 Å². The molecule has 0 aromatic heterocycles. The summed E-state index contributed by atoms with van der Waals surface area (Å²) in [6, 6.07) is 12.4. The summed E-state index contributed by atoms with van der Waals surface area (Å²) >= 11 is 0. The molecule has 3 aromatic carbocycles. The first-order chi connectivity index (χ1) is 36.7. The van der Waals surface area contributed by atoms with Crippen LogP contribution in [0.2, 0.25) is 0 Å². The highest BCUT2D eigenvalue weighted by atomic mass is 16.5. The molecule has 0 bridgehead atoms. The first-order valence-electron chi connectivity index (χ1n) is 30.5. The van der Waals surface area contributed by atoms with Crippen LogP contribution in [0.5, 0.6) is 34.5 Å². The Bertz CT molecular complexity index is 2130. The molecular weight excluding hydrogens is 925 g/mol. The van der Waals surface area contributed by atoms with Gasteiger partial charge in [0.15, 0.2) is 0 Å². The summed E-state index contributed by atoms with van der Waals surface area (Å²) in [6.07, 6.45) is 37.5. The molecule has 0 fully saturated rings. The lowest BCUT2D eigenvalue weighted by Crippen LogP contribution is -2.06. The number of benzene rings is 3. The molecule has 75 heavy (non-hydrogen) atoms. The fourth-order valence-electron chi connectivity index (χ4n) is 9.22. The van der Waals surface area contributed by atoms with Crippen LogP contribution in [0.3, 0.4) is 0 Å². The standard InChI is InChI=1S/C69H106O6/c1-11-16-20-24-28-32-45-71-64-51-61(66(50-58(64)9)72-46-33-29-25-21-17-12-2)42-43-63-55-68(73-47-34-30-26-22-18-13-3)62(54-69(63)74-48-35-31-27-23-19-14-4)41-40-60-53-67(59(37-15-5)52-65(60)70-10)75-49-44-57(8)39-36-38-56(6)7/h15,37,50-57H,11-14,16-36,38-39,44-49H2,1-10H3. The van der Waals surface area contributed by atoms with Crippen LogP contribution in [-0.2, 0) is 0 Å². The van der Waals surface area contributed by atoms with Crippen molar-refractivity contribution in [3.8, 4) is 58.2 Å². The number of aryl methyl sites for hydroxylation is 1. The van der Waals surface area contributed by atoms with Crippen LogP contribution in [-0.4, -0.2) is 40.1 Å². The molecule has 0 saturated heterocycles. The Morgan fingerprint density at radius 1 is 0.387 bits per heavy atom. The van der Waals surface area contributed by atoms with E-state index in [0.717, 1.165) is 108 Å². The lowest BCUT2D eigenvalue weighted by atomic mass is 9.98. The lowest BCUT2D eigenvalue weighted by Gasteiger charge is -2.16. The normalized spacial score (nSPS) is 11.6. The summed E-state index contributed by atoms with van der Waals surface area (Å²) in [6.45, 7) is 23.3. The second-order valence-corrected chi connectivity index (χ2v) is 21.6. The number of methoxy groups -OCH3 is 1. The van der Waals surface area contributed by atoms with Gasteiger partial charge in [-0.3, -0.25) is 0 Å². The molecule has 1 atom stereocenters. The predicted molar refractivity (Wildman–Crippen MR) is 321 cm³/mol. The lowest BCUT2D eigenvalue weighted by molar-refractivity contribution is 0.275. The number of hydrogen-bond acceptors (Lipinski definition) is 6. The zero-order valence-electron chi connectivity index (χ0n) is 49.6. The average molecular weight is 1030 g/mol. The molecule has 0 aliphatic carbocycles. The van der Waals surface area contributed by atoms with Crippen LogP contribution in [0.1, 0.15) is 269 Å². The Morgan fingerprint density at radius 3 is 1.16 bits per heavy atom. The van der Waals surface area contributed by atoms with E-state index < -0.39 is 0 Å². The van der Waals surface area contributed by atoms with E-state index in [9.17, 15) is 0 Å². The van der Waals surface area contributed by atoms with Crippen molar-refractivity contribution in [2.24, 2.45) is 11.8 Å². The van der Waals surface area contributed by atoms with Crippen molar-refractivity contribution in [3.63, 3.8) is 0 Å². The van der Waals surface area contributed by atoms with Crippen LogP contribution in [0.25, 0.3) is 6.08 Å². The van der Waals surface area contributed by atoms with E-state index in [-0.39, 0.29) is 0 Å². The third kappa shape index (κ3) is 27.8. The molecule has 3 aromatic rings. The van der Waals surface area contributed by atoms with E-state index in [4.69, 9.17) is 28.4 Å². The monoisotopic (exact) mass is 1030 g/mol. The maximum absolute atomic E-state index is 6.73.